The number of H-pyrrole nitrogens is 2. The molecule has 50 heavy (non-hydrogen) atoms. The standard InChI is InChI=1S/C29H18N4O2P2.2C2H5NO2.2V.Y/c1-17-24-8-6-21(11-22(24)7-9-25(17)27-14-31-29(33-27)37-16-35)18-2-3-20-12-23(5-4-19(20)10-18)26-13-30-28(32-26)36-15-34;2*1-5-2(3)4;;;/h2-13,36-37H,1H2,(H,30,32)(H,31,33);2*1H3,(H2,3,4);;;/q-4;;;2*+2;/p-2. The molecule has 0 spiro atoms. The topological polar surface area (TPSA) is 192 Å². The van der Waals surface area contributed by atoms with Crippen LogP contribution in [0.1, 0.15) is 5.56 Å². The predicted molar refractivity (Wildman–Crippen MR) is 186 cm³/mol. The molecule has 6 aromatic rings. The van der Waals surface area contributed by atoms with E-state index in [0.29, 0.717) is 11.1 Å². The van der Waals surface area contributed by atoms with Crippen LogP contribution in [0.4, 0.5) is 9.59 Å². The molecular formula is C33H26N6O6P2V2Y-2. The number of hydrogen-bond donors (Lipinski definition) is 2. The molecule has 17 heteroatoms. The van der Waals surface area contributed by atoms with Crippen LogP contribution >= 0.6 is 17.2 Å². The van der Waals surface area contributed by atoms with E-state index >= 15 is 0 Å². The van der Waals surface area contributed by atoms with E-state index in [1.165, 1.54) is 0 Å². The second kappa shape index (κ2) is 21.8. The summed E-state index contributed by atoms with van der Waals surface area (Å²) >= 11 is 0. The number of methoxy groups -OCH3 is 2. The maximum atomic E-state index is 10.7. The molecule has 0 aliphatic heterocycles. The van der Waals surface area contributed by atoms with E-state index in [1.807, 2.05) is 18.1 Å². The Balaban J connectivity index is 0.000000852. The molecular weight excluding hydrogens is 829 g/mol. The van der Waals surface area contributed by atoms with Crippen LogP contribution in [0.3, 0.4) is 0 Å². The van der Waals surface area contributed by atoms with Gasteiger partial charge in [0.15, 0.2) is 0 Å². The normalized spacial score (nSPS) is 10.1. The molecule has 12 nitrogen and oxygen atoms in total. The molecule has 2 unspecified atom stereocenters. The van der Waals surface area contributed by atoms with Gasteiger partial charge in [-0.3, -0.25) is 9.59 Å². The van der Waals surface area contributed by atoms with Gasteiger partial charge >= 0.3 is 37.1 Å². The summed E-state index contributed by atoms with van der Waals surface area (Å²) < 4.78 is 7.56. The first-order valence-corrected chi connectivity index (χ1v) is 15.5. The number of rotatable bonds is 7. The summed E-state index contributed by atoms with van der Waals surface area (Å²) in [6.07, 6.45) is 2.71. The van der Waals surface area contributed by atoms with Crippen LogP contribution < -0.4 is 11.1 Å². The molecule has 2 heterocycles. The van der Waals surface area contributed by atoms with Gasteiger partial charge in [0.05, 0.1) is 31.7 Å². The maximum absolute atomic E-state index is 10.7. The second-order valence-corrected chi connectivity index (χ2v) is 11.3. The van der Waals surface area contributed by atoms with Crippen LogP contribution in [-0.2, 0) is 88.9 Å². The number of hydrogen-bond acceptors (Lipinski definition) is 8. The third-order valence-corrected chi connectivity index (χ3v) is 7.86. The number of nitrogens with zero attached hydrogens (tertiary/aromatic N) is 2. The largest absolute Gasteiger partial charge is 2.00 e. The average Bonchev–Trinajstić information content (AvgIpc) is 3.75. The third kappa shape index (κ3) is 11.9. The van der Waals surface area contributed by atoms with Gasteiger partial charge in [0.1, 0.15) is 0 Å². The Bertz CT molecular complexity index is 2060. The van der Waals surface area contributed by atoms with Crippen LogP contribution in [0.2, 0.25) is 0 Å². The number of carbonyl (C=O) groups excluding carboxylic acids is 4. The number of ether oxygens (including phenoxy) is 2. The smallest absolute Gasteiger partial charge is 0.632 e. The molecule has 6 rings (SSSR count). The number of carbonyl (C=O) groups is 2. The number of nitrogens with one attached hydrogen (secondary N) is 4. The Morgan fingerprint density at radius 2 is 1.28 bits per heavy atom. The van der Waals surface area contributed by atoms with E-state index in [0.717, 1.165) is 75.0 Å². The van der Waals surface area contributed by atoms with Crippen molar-refractivity contribution in [1.29, 1.82) is 0 Å². The molecule has 0 aliphatic rings. The number of aromatic nitrogens is 4. The van der Waals surface area contributed by atoms with E-state index in [9.17, 15) is 19.2 Å². The van der Waals surface area contributed by atoms with Crippen LogP contribution in [0.15, 0.2) is 72.9 Å². The maximum Gasteiger partial charge on any atom is 2.00 e. The van der Waals surface area contributed by atoms with Crippen molar-refractivity contribution in [3.05, 3.63) is 103 Å². The zero-order valence-corrected chi connectivity index (χ0v) is 34.1. The van der Waals surface area contributed by atoms with Gasteiger partial charge in [-0.25, -0.2) is 25.6 Å². The molecule has 0 bridgehead atoms. The monoisotopic (exact) mass is 855 g/mol. The van der Waals surface area contributed by atoms with Gasteiger partial charge in [-0.1, -0.05) is 59.7 Å². The predicted octanol–water partition coefficient (Wildman–Crippen LogP) is 6.77. The molecule has 0 saturated heterocycles. The molecule has 0 aliphatic carbocycles. The first-order valence-electron chi connectivity index (χ1n) is 13.5. The minimum atomic E-state index is -0.995. The van der Waals surface area contributed by atoms with Crippen molar-refractivity contribution < 1.29 is 98.5 Å². The van der Waals surface area contributed by atoms with E-state index in [4.69, 9.17) is 11.5 Å². The summed E-state index contributed by atoms with van der Waals surface area (Å²) in [5, 5.41) is 4.40. The zero-order chi connectivity index (χ0) is 33.9. The molecule has 2 atom stereocenters. The summed E-state index contributed by atoms with van der Waals surface area (Å²) in [5.41, 5.74) is 19.8. The van der Waals surface area contributed by atoms with Gasteiger partial charge in [0.25, 0.3) is 0 Å². The fourth-order valence-corrected chi connectivity index (χ4v) is 5.32. The molecule has 2 amide bonds. The Labute approximate surface area is 340 Å². The van der Waals surface area contributed by atoms with Crippen molar-refractivity contribution in [2.75, 3.05) is 14.2 Å². The molecule has 0 fully saturated rings. The molecule has 0 saturated carbocycles. The van der Waals surface area contributed by atoms with Gasteiger partial charge in [-0.15, -0.1) is 23.1 Å². The first-order chi connectivity index (χ1) is 22.7. The van der Waals surface area contributed by atoms with Gasteiger partial charge in [0, 0.05) is 38.3 Å². The van der Waals surface area contributed by atoms with Crippen LogP contribution in [-0.4, -0.2) is 58.4 Å². The van der Waals surface area contributed by atoms with Gasteiger partial charge in [-0.05, 0) is 39.6 Å². The molecule has 4 N–H and O–H groups in total. The Morgan fingerprint density at radius 3 is 1.86 bits per heavy atom. The minimum absolute atomic E-state index is 0. The molecule has 2 aromatic heterocycles. The Morgan fingerprint density at radius 1 is 0.780 bits per heavy atom. The summed E-state index contributed by atoms with van der Waals surface area (Å²) in [6.45, 7) is 4.30. The number of amides is 2. The van der Waals surface area contributed by atoms with Crippen molar-refractivity contribution >= 4 is 74.1 Å². The van der Waals surface area contributed by atoms with E-state index in [-0.39, 0.29) is 87.0 Å². The van der Waals surface area contributed by atoms with Gasteiger partial charge in [0.2, 0.25) is 12.2 Å². The first kappa shape index (κ1) is 44.7. The summed E-state index contributed by atoms with van der Waals surface area (Å²) in [5.74, 6) is 0. The molecule has 3 radical (unpaired) electrons. The third-order valence-electron chi connectivity index (χ3n) is 6.69. The fourth-order valence-electron chi connectivity index (χ4n) is 4.50. The zero-order valence-electron chi connectivity index (χ0n) is 26.5. The fraction of sp³-hybridized carbons (Fsp3) is 0.0606. The van der Waals surface area contributed by atoms with E-state index < -0.39 is 12.2 Å². The minimum Gasteiger partial charge on any atom is -0.632 e. The van der Waals surface area contributed by atoms with Gasteiger partial charge in [-0.2, -0.15) is 21.1 Å². The van der Waals surface area contributed by atoms with Crippen molar-refractivity contribution in [2.24, 2.45) is 0 Å². The summed E-state index contributed by atoms with van der Waals surface area (Å²) in [6, 6.07) is 26.9. The van der Waals surface area contributed by atoms with Gasteiger partial charge < -0.3 is 45.5 Å². The SMILES string of the molecule is COC([NH-])=O.COC([NH-])=O.[CH2-]c1c(-c2[c-]nc(P[C-]=O)[nH]2)ccc2cc(-c3ccc4cc(-c5cnc(P[C-]=O)[nH]5)ccc4c3)ccc12.[V+2].[V+2].[Y]. The summed E-state index contributed by atoms with van der Waals surface area (Å²) in [4.78, 5) is 54.5. The van der Waals surface area contributed by atoms with E-state index in [1.54, 1.807) is 6.20 Å². The molecule has 249 valence electrons. The number of aromatic amines is 2. The molecule has 4 aromatic carbocycles. The van der Waals surface area contributed by atoms with Crippen LogP contribution in [0, 0.1) is 13.1 Å². The Hall–Kier alpha value is -3.30. The quantitative estimate of drug-likeness (QED) is 0.130. The average molecular weight is 855 g/mol. The number of fused-ring (bicyclic) bond motifs is 2. The van der Waals surface area contributed by atoms with E-state index in [2.05, 4.69) is 103 Å². The van der Waals surface area contributed by atoms with Crippen LogP contribution in [0.25, 0.3) is 66.7 Å². The number of benzene rings is 4. The number of imidazole rings is 2. The van der Waals surface area contributed by atoms with Crippen molar-refractivity contribution in [1.82, 2.24) is 19.9 Å². The summed E-state index contributed by atoms with van der Waals surface area (Å²) in [7, 11) is 2.09. The van der Waals surface area contributed by atoms with Crippen molar-refractivity contribution in [3.63, 3.8) is 0 Å². The second-order valence-electron chi connectivity index (χ2n) is 9.46. The van der Waals surface area contributed by atoms with Crippen molar-refractivity contribution in [3.8, 4) is 33.6 Å². The van der Waals surface area contributed by atoms with Crippen molar-refractivity contribution in [2.45, 2.75) is 0 Å². The van der Waals surface area contributed by atoms with Crippen LogP contribution in [0.5, 0.6) is 0 Å². The Kier molecular flexibility index (Phi) is 19.5.